The summed E-state index contributed by atoms with van der Waals surface area (Å²) in [5.41, 5.74) is 1.45. The topological polar surface area (TPSA) is 266 Å². The number of hydrogen-bond acceptors (Lipinski definition) is 12. The molecule has 2 heterocycles. The summed E-state index contributed by atoms with van der Waals surface area (Å²) in [5, 5.41) is 12.3. The van der Waals surface area contributed by atoms with Crippen LogP contribution in [0.2, 0.25) is 0 Å². The van der Waals surface area contributed by atoms with Crippen LogP contribution in [0.5, 0.6) is 0 Å². The van der Waals surface area contributed by atoms with Crippen LogP contribution in [-0.2, 0) is 38.4 Å². The van der Waals surface area contributed by atoms with Gasteiger partial charge in [0.2, 0.25) is 23.6 Å². The summed E-state index contributed by atoms with van der Waals surface area (Å²) in [6.45, 7) is 1.13. The van der Waals surface area contributed by atoms with Crippen molar-refractivity contribution < 1.29 is 57.5 Å². The molecule has 2 aromatic carbocycles. The van der Waals surface area contributed by atoms with Crippen molar-refractivity contribution in [2.24, 2.45) is 0 Å². The lowest BCUT2D eigenvalue weighted by Crippen LogP contribution is -2.53. The number of amides is 10. The van der Waals surface area contributed by atoms with E-state index >= 15 is 0 Å². The standard InChI is InChI=1S/C42H46N8O12/c1-27(51)29-3-7-31(8-4-29)41(61)45-21-19-43-33(53)15-25-49(39(59)17-23-47-35(55)11-12-36(47)56)50(40(60)18-24-48-37(57)13-14-38(48)58)26-16-34(54)44-20-22-46-42(62)32-9-5-30(6-10-32)28(2)52/h3-14H,15-26H2,1-2H3,(H,43,53)(H,44,54)(H,45,61)(H,46,62). The van der Waals surface area contributed by atoms with Crippen LogP contribution in [0.1, 0.15) is 81.0 Å². The Kier molecular flexibility index (Phi) is 17.2. The van der Waals surface area contributed by atoms with Crippen LogP contribution >= 0.6 is 0 Å². The number of carbonyl (C=O) groups excluding carboxylic acids is 12. The van der Waals surface area contributed by atoms with Gasteiger partial charge in [0.25, 0.3) is 35.4 Å². The molecule has 0 bridgehead atoms. The molecular formula is C42H46N8O12. The van der Waals surface area contributed by atoms with Crippen molar-refractivity contribution in [3.8, 4) is 0 Å². The molecule has 0 saturated carbocycles. The molecule has 0 fully saturated rings. The number of Topliss-reactive ketones (excluding diaryl/α,β-unsaturated/α-hetero) is 2. The van der Waals surface area contributed by atoms with Gasteiger partial charge in [-0.3, -0.25) is 77.4 Å². The Balaban J connectivity index is 1.40. The van der Waals surface area contributed by atoms with Gasteiger partial charge in [0, 0.05) is 112 Å². The van der Waals surface area contributed by atoms with Gasteiger partial charge in [-0.25, -0.2) is 0 Å². The third-order valence-electron chi connectivity index (χ3n) is 9.44. The van der Waals surface area contributed by atoms with Crippen molar-refractivity contribution in [2.75, 3.05) is 52.4 Å². The highest BCUT2D eigenvalue weighted by Crippen LogP contribution is 2.13. The predicted molar refractivity (Wildman–Crippen MR) is 217 cm³/mol. The largest absolute Gasteiger partial charge is 0.354 e. The Morgan fingerprint density at radius 3 is 1.03 bits per heavy atom. The number of nitrogens with one attached hydrogen (secondary N) is 4. The maximum atomic E-state index is 13.8. The normalized spacial score (nSPS) is 12.9. The van der Waals surface area contributed by atoms with Crippen molar-refractivity contribution in [1.29, 1.82) is 0 Å². The molecule has 0 aromatic heterocycles. The van der Waals surface area contributed by atoms with Gasteiger partial charge >= 0.3 is 0 Å². The fourth-order valence-electron chi connectivity index (χ4n) is 6.00. The summed E-state index contributed by atoms with van der Waals surface area (Å²) in [5.74, 6) is -6.68. The van der Waals surface area contributed by atoms with Crippen molar-refractivity contribution in [3.05, 3.63) is 95.1 Å². The zero-order valence-corrected chi connectivity index (χ0v) is 34.1. The van der Waals surface area contributed by atoms with Crippen LogP contribution in [0.3, 0.4) is 0 Å². The first-order valence-electron chi connectivity index (χ1n) is 19.5. The van der Waals surface area contributed by atoms with E-state index in [-0.39, 0.29) is 62.0 Å². The van der Waals surface area contributed by atoms with Crippen molar-refractivity contribution in [2.45, 2.75) is 39.5 Å². The van der Waals surface area contributed by atoms with Crippen LogP contribution < -0.4 is 21.3 Å². The quantitative estimate of drug-likeness (QED) is 0.0504. The van der Waals surface area contributed by atoms with E-state index < -0.39 is 97.8 Å². The summed E-state index contributed by atoms with van der Waals surface area (Å²) >= 11 is 0. The molecule has 10 amide bonds. The molecule has 62 heavy (non-hydrogen) atoms. The number of hydrogen-bond donors (Lipinski definition) is 4. The van der Waals surface area contributed by atoms with Gasteiger partial charge in [-0.2, -0.15) is 0 Å². The average molecular weight is 855 g/mol. The highest BCUT2D eigenvalue weighted by atomic mass is 16.2. The highest BCUT2D eigenvalue weighted by Gasteiger charge is 2.31. The summed E-state index contributed by atoms with van der Waals surface area (Å²) in [4.78, 5) is 152. The molecule has 0 aliphatic carbocycles. The van der Waals surface area contributed by atoms with Gasteiger partial charge in [0.15, 0.2) is 11.6 Å². The van der Waals surface area contributed by atoms with E-state index in [1.807, 2.05) is 0 Å². The van der Waals surface area contributed by atoms with E-state index in [2.05, 4.69) is 21.3 Å². The molecule has 326 valence electrons. The smallest absolute Gasteiger partial charge is 0.253 e. The maximum Gasteiger partial charge on any atom is 0.253 e. The molecule has 4 rings (SSSR count). The Morgan fingerprint density at radius 1 is 0.435 bits per heavy atom. The van der Waals surface area contributed by atoms with Crippen LogP contribution in [0, 0.1) is 0 Å². The molecule has 2 aliphatic rings. The van der Waals surface area contributed by atoms with E-state index in [0.29, 0.717) is 11.1 Å². The highest BCUT2D eigenvalue weighted by molar-refractivity contribution is 6.13. The number of benzene rings is 2. The second-order valence-corrected chi connectivity index (χ2v) is 13.8. The van der Waals surface area contributed by atoms with Gasteiger partial charge < -0.3 is 21.3 Å². The van der Waals surface area contributed by atoms with Crippen molar-refractivity contribution in [3.63, 3.8) is 0 Å². The first-order valence-corrected chi connectivity index (χ1v) is 19.5. The second-order valence-electron chi connectivity index (χ2n) is 13.8. The van der Waals surface area contributed by atoms with Crippen LogP contribution in [0.4, 0.5) is 0 Å². The van der Waals surface area contributed by atoms with Gasteiger partial charge in [-0.1, -0.05) is 24.3 Å². The lowest BCUT2D eigenvalue weighted by molar-refractivity contribution is -0.166. The molecular weight excluding hydrogens is 809 g/mol. The lowest BCUT2D eigenvalue weighted by Gasteiger charge is -2.35. The zero-order valence-electron chi connectivity index (χ0n) is 34.1. The number of carbonyl (C=O) groups is 12. The third kappa shape index (κ3) is 13.7. The predicted octanol–water partition coefficient (Wildman–Crippen LogP) is -0.533. The SMILES string of the molecule is CC(=O)c1ccc(C(=O)NCCNC(=O)CCN(C(=O)CCN2C(=O)C=CC2=O)N(CCC(=O)NCCNC(=O)c2ccc(C(C)=O)cc2)C(=O)CCN2C(=O)C=CC2=O)cc1. The van der Waals surface area contributed by atoms with E-state index in [1.165, 1.54) is 62.4 Å². The van der Waals surface area contributed by atoms with Gasteiger partial charge in [-0.15, -0.1) is 0 Å². The van der Waals surface area contributed by atoms with Crippen molar-refractivity contribution >= 4 is 70.6 Å². The first kappa shape index (κ1) is 47.0. The number of ketones is 2. The second kappa shape index (κ2) is 22.7. The molecule has 0 atom stereocenters. The summed E-state index contributed by atoms with van der Waals surface area (Å²) in [6, 6.07) is 12.0. The van der Waals surface area contributed by atoms with Crippen LogP contribution in [-0.4, -0.2) is 143 Å². The first-order chi connectivity index (χ1) is 29.5. The van der Waals surface area contributed by atoms with E-state index in [9.17, 15) is 57.5 Å². The van der Waals surface area contributed by atoms with E-state index in [1.54, 1.807) is 0 Å². The van der Waals surface area contributed by atoms with Gasteiger partial charge in [0.05, 0.1) is 13.1 Å². The molecule has 2 aromatic rings. The number of rotatable bonds is 22. The Morgan fingerprint density at radius 2 is 0.726 bits per heavy atom. The molecule has 4 N–H and O–H groups in total. The molecule has 2 aliphatic heterocycles. The molecule has 20 heteroatoms. The van der Waals surface area contributed by atoms with Crippen LogP contribution in [0.25, 0.3) is 0 Å². The van der Waals surface area contributed by atoms with Crippen molar-refractivity contribution in [1.82, 2.24) is 41.1 Å². The lowest BCUT2D eigenvalue weighted by atomic mass is 10.1. The zero-order chi connectivity index (χ0) is 45.3. The Hall–Kier alpha value is -7.64. The van der Waals surface area contributed by atoms with E-state index in [4.69, 9.17) is 0 Å². The summed E-state index contributed by atoms with van der Waals surface area (Å²) < 4.78 is 0. The Labute approximate surface area is 355 Å². The Bertz CT molecular complexity index is 1990. The number of imide groups is 2. The molecule has 0 radical (unpaired) electrons. The average Bonchev–Trinajstić information content (AvgIpc) is 3.76. The van der Waals surface area contributed by atoms with Gasteiger partial charge in [-0.05, 0) is 38.1 Å². The summed E-state index contributed by atoms with van der Waals surface area (Å²) in [7, 11) is 0. The fourth-order valence-corrected chi connectivity index (χ4v) is 6.00. The minimum atomic E-state index is -0.809. The third-order valence-corrected chi connectivity index (χ3v) is 9.44. The molecule has 0 unspecified atom stereocenters. The fraction of sp³-hybridized carbons (Fsp3) is 0.333. The summed E-state index contributed by atoms with van der Waals surface area (Å²) in [6.07, 6.45) is 2.37. The minimum Gasteiger partial charge on any atom is -0.354 e. The molecule has 20 nitrogen and oxygen atoms in total. The molecule has 0 spiro atoms. The molecule has 0 saturated heterocycles. The maximum absolute atomic E-state index is 13.8. The number of nitrogens with zero attached hydrogens (tertiary/aromatic N) is 4. The minimum absolute atomic E-state index is 0.00796. The van der Waals surface area contributed by atoms with E-state index in [0.717, 1.165) is 44.1 Å². The monoisotopic (exact) mass is 854 g/mol. The van der Waals surface area contributed by atoms with Crippen LogP contribution in [0.15, 0.2) is 72.8 Å². The van der Waals surface area contributed by atoms with Gasteiger partial charge in [0.1, 0.15) is 0 Å². The number of hydrazine groups is 1.